The van der Waals surface area contributed by atoms with Crippen LogP contribution in [0.4, 0.5) is 5.69 Å². The molecule has 1 aromatic rings. The van der Waals surface area contributed by atoms with Gasteiger partial charge in [0.2, 0.25) is 6.41 Å². The van der Waals surface area contributed by atoms with Gasteiger partial charge in [0.1, 0.15) is 6.04 Å². The number of carbonyl (C=O) groups excluding carboxylic acids is 1. The molecule has 96 valence electrons. The Morgan fingerprint density at radius 2 is 2.28 bits per heavy atom. The molecule has 0 aliphatic heterocycles. The van der Waals surface area contributed by atoms with Crippen molar-refractivity contribution >= 4 is 34.0 Å². The van der Waals surface area contributed by atoms with Gasteiger partial charge in [-0.2, -0.15) is 0 Å². The van der Waals surface area contributed by atoms with E-state index in [9.17, 15) is 19.7 Å². The minimum atomic E-state index is -1.17. The van der Waals surface area contributed by atoms with Crippen molar-refractivity contribution in [2.45, 2.75) is 12.5 Å². The van der Waals surface area contributed by atoms with Crippen LogP contribution >= 0.6 is 15.9 Å². The molecule has 0 radical (unpaired) electrons. The van der Waals surface area contributed by atoms with Crippen LogP contribution in [-0.4, -0.2) is 28.5 Å². The number of hydrogen-bond acceptors (Lipinski definition) is 4. The lowest BCUT2D eigenvalue weighted by atomic mass is 10.1. The normalized spacial score (nSPS) is 11.6. The van der Waals surface area contributed by atoms with Crippen molar-refractivity contribution in [1.29, 1.82) is 0 Å². The summed E-state index contributed by atoms with van der Waals surface area (Å²) in [6.07, 6.45) is 0.338. The van der Waals surface area contributed by atoms with Crippen LogP contribution in [0.15, 0.2) is 22.7 Å². The largest absolute Gasteiger partial charge is 0.480 e. The molecule has 1 unspecified atom stereocenters. The molecule has 0 heterocycles. The number of rotatable bonds is 6. The molecule has 0 saturated carbocycles. The van der Waals surface area contributed by atoms with E-state index in [4.69, 9.17) is 5.11 Å². The van der Waals surface area contributed by atoms with E-state index in [0.29, 0.717) is 16.4 Å². The molecule has 0 spiro atoms. The van der Waals surface area contributed by atoms with Gasteiger partial charge in [-0.25, -0.2) is 4.79 Å². The van der Waals surface area contributed by atoms with Gasteiger partial charge in [-0.15, -0.1) is 0 Å². The zero-order valence-corrected chi connectivity index (χ0v) is 10.6. The van der Waals surface area contributed by atoms with E-state index in [-0.39, 0.29) is 12.1 Å². The topological polar surface area (TPSA) is 110 Å². The van der Waals surface area contributed by atoms with Gasteiger partial charge in [0.15, 0.2) is 0 Å². The maximum absolute atomic E-state index is 10.8. The first kappa shape index (κ1) is 14.1. The molecule has 0 aliphatic carbocycles. The molecular formula is C10H9BrN2O5. The Morgan fingerprint density at radius 3 is 2.72 bits per heavy atom. The maximum Gasteiger partial charge on any atom is 0.326 e. The van der Waals surface area contributed by atoms with Crippen LogP contribution in [0.1, 0.15) is 5.56 Å². The van der Waals surface area contributed by atoms with E-state index >= 15 is 0 Å². The highest BCUT2D eigenvalue weighted by atomic mass is 79.9. The third-order valence-electron chi connectivity index (χ3n) is 2.24. The summed E-state index contributed by atoms with van der Waals surface area (Å²) in [5.41, 5.74) is 0.461. The number of nitro groups is 1. The second-order valence-electron chi connectivity index (χ2n) is 3.41. The Morgan fingerprint density at radius 1 is 1.61 bits per heavy atom. The van der Waals surface area contributed by atoms with Crippen molar-refractivity contribution < 1.29 is 19.6 Å². The lowest BCUT2D eigenvalue weighted by Gasteiger charge is -2.12. The summed E-state index contributed by atoms with van der Waals surface area (Å²) >= 11 is 3.13. The van der Waals surface area contributed by atoms with E-state index in [1.54, 1.807) is 0 Å². The molecule has 1 aromatic carbocycles. The number of non-ortho nitro benzene ring substituents is 1. The zero-order chi connectivity index (χ0) is 13.7. The fourth-order valence-electron chi connectivity index (χ4n) is 1.33. The molecule has 1 rings (SSSR count). The molecule has 1 amide bonds. The number of aliphatic carboxylic acids is 1. The fourth-order valence-corrected chi connectivity index (χ4v) is 1.86. The molecule has 0 fully saturated rings. The van der Waals surface area contributed by atoms with Crippen LogP contribution in [0, 0.1) is 10.1 Å². The van der Waals surface area contributed by atoms with Crippen LogP contribution in [0.5, 0.6) is 0 Å². The second kappa shape index (κ2) is 6.10. The van der Waals surface area contributed by atoms with Crippen molar-refractivity contribution in [1.82, 2.24) is 5.32 Å². The van der Waals surface area contributed by atoms with Crippen molar-refractivity contribution in [2.24, 2.45) is 0 Å². The van der Waals surface area contributed by atoms with E-state index in [2.05, 4.69) is 21.2 Å². The smallest absolute Gasteiger partial charge is 0.326 e. The highest BCUT2D eigenvalue weighted by molar-refractivity contribution is 9.10. The molecule has 0 bridgehead atoms. The monoisotopic (exact) mass is 316 g/mol. The Labute approximate surface area is 110 Å². The lowest BCUT2D eigenvalue weighted by molar-refractivity contribution is -0.384. The van der Waals surface area contributed by atoms with Gasteiger partial charge in [0.25, 0.3) is 5.69 Å². The molecule has 0 aromatic heterocycles. The average molecular weight is 317 g/mol. The molecule has 2 N–H and O–H groups in total. The van der Waals surface area contributed by atoms with E-state index in [0.717, 1.165) is 0 Å². The van der Waals surface area contributed by atoms with Crippen LogP contribution in [-0.2, 0) is 16.0 Å². The molecule has 7 nitrogen and oxygen atoms in total. The average Bonchev–Trinajstić information content (AvgIpc) is 2.30. The summed E-state index contributed by atoms with van der Waals surface area (Å²) in [5, 5.41) is 21.5. The molecule has 8 heteroatoms. The number of nitrogens with one attached hydrogen (secondary N) is 1. The maximum atomic E-state index is 10.8. The number of halogens is 1. The highest BCUT2D eigenvalue weighted by Crippen LogP contribution is 2.24. The van der Waals surface area contributed by atoms with Crippen molar-refractivity contribution in [3.63, 3.8) is 0 Å². The quantitative estimate of drug-likeness (QED) is 0.464. The predicted molar refractivity (Wildman–Crippen MR) is 65.1 cm³/mol. The minimum absolute atomic E-state index is 0.0344. The highest BCUT2D eigenvalue weighted by Gasteiger charge is 2.19. The van der Waals surface area contributed by atoms with Crippen molar-refractivity contribution in [2.75, 3.05) is 0 Å². The molecule has 0 aliphatic rings. The van der Waals surface area contributed by atoms with Gasteiger partial charge in [0, 0.05) is 23.0 Å². The number of amides is 1. The minimum Gasteiger partial charge on any atom is -0.480 e. The number of benzene rings is 1. The first-order chi connectivity index (χ1) is 8.45. The van der Waals surface area contributed by atoms with Crippen molar-refractivity contribution in [3.8, 4) is 0 Å². The molecule has 18 heavy (non-hydrogen) atoms. The van der Waals surface area contributed by atoms with Gasteiger partial charge in [-0.3, -0.25) is 14.9 Å². The summed E-state index contributed by atoms with van der Waals surface area (Å²) in [6.45, 7) is 0. The molecule has 0 saturated heterocycles. The Hall–Kier alpha value is -1.96. The molecule has 1 atom stereocenters. The summed E-state index contributed by atoms with van der Waals surface area (Å²) in [4.78, 5) is 31.1. The predicted octanol–water partition coefficient (Wildman–Crippen LogP) is 1.10. The van der Waals surface area contributed by atoms with Crippen molar-refractivity contribution in [3.05, 3.63) is 38.3 Å². The summed E-state index contributed by atoms with van der Waals surface area (Å²) in [7, 11) is 0. The number of carboxylic acid groups (broad SMARTS) is 1. The van der Waals surface area contributed by atoms with Crippen LogP contribution in [0.25, 0.3) is 0 Å². The number of carboxylic acids is 1. The van der Waals surface area contributed by atoms with Crippen LogP contribution < -0.4 is 5.32 Å². The van der Waals surface area contributed by atoms with Crippen LogP contribution in [0.2, 0.25) is 0 Å². The first-order valence-electron chi connectivity index (χ1n) is 4.81. The van der Waals surface area contributed by atoms with Gasteiger partial charge < -0.3 is 10.4 Å². The standard InChI is InChI=1S/C10H9BrN2O5/c11-8-4-7(13(17)18)2-1-6(8)3-9(10(15)16)12-5-14/h1-2,4-5,9H,3H2,(H,12,14)(H,15,16). The number of nitrogens with zero attached hydrogens (tertiary/aromatic N) is 1. The number of nitro benzene ring substituents is 1. The van der Waals surface area contributed by atoms with Gasteiger partial charge in [-0.1, -0.05) is 22.0 Å². The van der Waals surface area contributed by atoms with E-state index in [1.165, 1.54) is 18.2 Å². The third-order valence-corrected chi connectivity index (χ3v) is 2.98. The zero-order valence-electron chi connectivity index (χ0n) is 9.00. The summed E-state index contributed by atoms with van der Waals surface area (Å²) in [5.74, 6) is -1.17. The third kappa shape index (κ3) is 3.52. The summed E-state index contributed by atoms with van der Waals surface area (Å²) in [6, 6.07) is 2.94. The van der Waals surface area contributed by atoms with Gasteiger partial charge >= 0.3 is 5.97 Å². The first-order valence-corrected chi connectivity index (χ1v) is 5.60. The van der Waals surface area contributed by atoms with Gasteiger partial charge in [-0.05, 0) is 5.56 Å². The lowest BCUT2D eigenvalue weighted by Crippen LogP contribution is -2.37. The Kier molecular flexibility index (Phi) is 4.78. The SMILES string of the molecule is O=CNC(Cc1ccc([N+](=O)[O-])cc1Br)C(=O)O. The number of hydrogen-bond donors (Lipinski definition) is 2. The van der Waals surface area contributed by atoms with E-state index in [1.807, 2.05) is 0 Å². The van der Waals surface area contributed by atoms with E-state index < -0.39 is 16.9 Å². The Balaban J connectivity index is 2.93. The Bertz CT molecular complexity index is 491. The number of carbonyl (C=O) groups is 2. The van der Waals surface area contributed by atoms with Gasteiger partial charge in [0.05, 0.1) is 4.92 Å². The fraction of sp³-hybridized carbons (Fsp3) is 0.200. The summed E-state index contributed by atoms with van der Waals surface area (Å²) < 4.78 is 0.427. The second-order valence-corrected chi connectivity index (χ2v) is 4.27. The molecular weight excluding hydrogens is 308 g/mol. The van der Waals surface area contributed by atoms with Crippen LogP contribution in [0.3, 0.4) is 0 Å².